The lowest BCUT2D eigenvalue weighted by molar-refractivity contribution is 0.0502. The summed E-state index contributed by atoms with van der Waals surface area (Å²) >= 11 is 0. The van der Waals surface area contributed by atoms with Crippen LogP contribution >= 0.6 is 0 Å². The number of rotatable bonds is 4. The molecule has 0 radical (unpaired) electrons. The molecule has 0 fully saturated rings. The van der Waals surface area contributed by atoms with E-state index >= 15 is 0 Å². The molecule has 1 N–H and O–H groups in total. The number of hydrogen-bond acceptors (Lipinski definition) is 6. The third-order valence-electron chi connectivity index (χ3n) is 5.76. The highest BCUT2D eigenvalue weighted by molar-refractivity contribution is 6.15. The largest absolute Gasteiger partial charge is 0.486 e. The average Bonchev–Trinajstić information content (AvgIpc) is 3.10. The first-order valence-corrected chi connectivity index (χ1v) is 10.0. The minimum Gasteiger partial charge on any atom is -0.486 e. The van der Waals surface area contributed by atoms with Crippen LogP contribution in [-0.2, 0) is 4.74 Å². The maximum absolute atomic E-state index is 13.0. The number of hydrogen-bond donors (Lipinski definition) is 1. The lowest BCUT2D eigenvalue weighted by Crippen LogP contribution is -2.38. The van der Waals surface area contributed by atoms with Crippen LogP contribution in [0.3, 0.4) is 0 Å². The number of methoxy groups -OCH3 is 1. The highest BCUT2D eigenvalue weighted by atomic mass is 16.5. The van der Waals surface area contributed by atoms with Crippen molar-refractivity contribution in [1.82, 2.24) is 0 Å². The molecule has 2 aromatic carbocycles. The van der Waals surface area contributed by atoms with E-state index in [-0.39, 0.29) is 23.5 Å². The normalized spacial score (nSPS) is 17.7. The van der Waals surface area contributed by atoms with Gasteiger partial charge in [-0.25, -0.2) is 4.79 Å². The first-order chi connectivity index (χ1) is 14.8. The van der Waals surface area contributed by atoms with Crippen LogP contribution in [0.2, 0.25) is 0 Å². The van der Waals surface area contributed by atoms with E-state index in [1.165, 1.54) is 7.11 Å². The van der Waals surface area contributed by atoms with Gasteiger partial charge in [-0.1, -0.05) is 19.1 Å². The number of anilines is 1. The Morgan fingerprint density at radius 1 is 1.19 bits per heavy atom. The summed E-state index contributed by atoms with van der Waals surface area (Å²) in [6, 6.07) is 9.95. The van der Waals surface area contributed by atoms with E-state index in [9.17, 15) is 14.4 Å². The number of esters is 1. The molecule has 0 bridgehead atoms. The molecule has 1 aliphatic rings. The zero-order chi connectivity index (χ0) is 22.3. The SMILES string of the molecule is CC[C@]1(C)CC(=O)c2c(ccc3oc(C(=O)Nc4ccccc4C(=O)OC)c(C)c23)O1. The molecule has 3 aromatic rings. The zero-order valence-corrected chi connectivity index (χ0v) is 17.8. The molecule has 1 aliphatic heterocycles. The van der Waals surface area contributed by atoms with E-state index < -0.39 is 17.5 Å². The van der Waals surface area contributed by atoms with Gasteiger partial charge in [0.1, 0.15) is 16.9 Å². The Hall–Kier alpha value is -3.61. The number of ether oxygens (including phenoxy) is 2. The Bertz CT molecular complexity index is 1220. The number of nitrogens with one attached hydrogen (secondary N) is 1. The number of aryl methyl sites for hydroxylation is 1. The van der Waals surface area contributed by atoms with Gasteiger partial charge >= 0.3 is 5.97 Å². The fourth-order valence-corrected chi connectivity index (χ4v) is 3.89. The van der Waals surface area contributed by atoms with Gasteiger partial charge < -0.3 is 19.2 Å². The van der Waals surface area contributed by atoms with Gasteiger partial charge in [0.2, 0.25) is 0 Å². The van der Waals surface area contributed by atoms with Crippen molar-refractivity contribution in [2.45, 2.75) is 39.2 Å². The molecular weight excluding hydrogens is 398 g/mol. The topological polar surface area (TPSA) is 94.8 Å². The summed E-state index contributed by atoms with van der Waals surface area (Å²) in [6.07, 6.45) is 0.960. The summed E-state index contributed by atoms with van der Waals surface area (Å²) in [7, 11) is 1.27. The summed E-state index contributed by atoms with van der Waals surface area (Å²) in [6.45, 7) is 5.63. The summed E-state index contributed by atoms with van der Waals surface area (Å²) < 4.78 is 16.7. The second kappa shape index (κ2) is 7.58. The van der Waals surface area contributed by atoms with Crippen molar-refractivity contribution in [3.63, 3.8) is 0 Å². The molecule has 2 heterocycles. The Morgan fingerprint density at radius 2 is 1.94 bits per heavy atom. The molecule has 31 heavy (non-hydrogen) atoms. The van der Waals surface area contributed by atoms with Crippen molar-refractivity contribution < 1.29 is 28.3 Å². The van der Waals surface area contributed by atoms with Crippen LogP contribution in [-0.4, -0.2) is 30.4 Å². The van der Waals surface area contributed by atoms with Crippen molar-refractivity contribution in [1.29, 1.82) is 0 Å². The predicted octanol–water partition coefficient (Wildman–Crippen LogP) is 4.91. The molecular formula is C24H23NO6. The van der Waals surface area contributed by atoms with Crippen LogP contribution in [0.1, 0.15) is 63.5 Å². The number of Topliss-reactive ketones (excluding diaryl/α,β-unsaturated/α-hetero) is 1. The zero-order valence-electron chi connectivity index (χ0n) is 17.8. The fraction of sp³-hybridized carbons (Fsp3) is 0.292. The van der Waals surface area contributed by atoms with Crippen LogP contribution in [0.15, 0.2) is 40.8 Å². The number of ketones is 1. The molecule has 1 aromatic heterocycles. The first-order valence-electron chi connectivity index (χ1n) is 10.0. The third kappa shape index (κ3) is 3.46. The van der Waals surface area contributed by atoms with Crippen LogP contribution in [0.4, 0.5) is 5.69 Å². The number of para-hydroxylation sites is 1. The Balaban J connectivity index is 1.75. The maximum Gasteiger partial charge on any atom is 0.339 e. The molecule has 0 spiro atoms. The van der Waals surface area contributed by atoms with Gasteiger partial charge in [-0.2, -0.15) is 0 Å². The number of carbonyl (C=O) groups is 3. The van der Waals surface area contributed by atoms with Gasteiger partial charge in [-0.15, -0.1) is 0 Å². The maximum atomic E-state index is 13.0. The standard InChI is InChI=1S/C24H23NO6/c1-5-24(3)12-16(26)20-18(31-24)11-10-17-19(20)13(2)21(30-17)22(27)25-15-9-7-6-8-14(15)23(28)29-4/h6-11H,5,12H2,1-4H3,(H,25,27)/t24-/m1/s1. The lowest BCUT2D eigenvalue weighted by Gasteiger charge is -2.34. The summed E-state index contributed by atoms with van der Waals surface area (Å²) in [5, 5.41) is 3.28. The van der Waals surface area contributed by atoms with Crippen LogP contribution in [0.25, 0.3) is 11.0 Å². The van der Waals surface area contributed by atoms with E-state index in [0.29, 0.717) is 40.0 Å². The van der Waals surface area contributed by atoms with E-state index in [1.807, 2.05) is 13.8 Å². The van der Waals surface area contributed by atoms with Gasteiger partial charge in [0.05, 0.1) is 30.3 Å². The van der Waals surface area contributed by atoms with E-state index in [0.717, 1.165) is 0 Å². The molecule has 160 valence electrons. The second-order valence-electron chi connectivity index (χ2n) is 7.86. The quantitative estimate of drug-likeness (QED) is 0.601. The van der Waals surface area contributed by atoms with Crippen molar-refractivity contribution in [3.8, 4) is 5.75 Å². The van der Waals surface area contributed by atoms with Gasteiger partial charge in [-0.3, -0.25) is 9.59 Å². The van der Waals surface area contributed by atoms with Crippen molar-refractivity contribution in [2.75, 3.05) is 12.4 Å². The molecule has 0 aliphatic carbocycles. The molecule has 7 heteroatoms. The minimum absolute atomic E-state index is 0.0388. The number of benzene rings is 2. The third-order valence-corrected chi connectivity index (χ3v) is 5.76. The fourth-order valence-electron chi connectivity index (χ4n) is 3.89. The van der Waals surface area contributed by atoms with Crippen LogP contribution < -0.4 is 10.1 Å². The molecule has 0 unspecified atom stereocenters. The van der Waals surface area contributed by atoms with E-state index in [1.54, 1.807) is 43.3 Å². The average molecular weight is 421 g/mol. The molecule has 0 saturated heterocycles. The number of carbonyl (C=O) groups excluding carboxylic acids is 3. The van der Waals surface area contributed by atoms with Gasteiger partial charge in [0.25, 0.3) is 5.91 Å². The smallest absolute Gasteiger partial charge is 0.339 e. The minimum atomic E-state index is -0.562. The van der Waals surface area contributed by atoms with Gasteiger partial charge in [0, 0.05) is 10.9 Å². The summed E-state index contributed by atoms with van der Waals surface area (Å²) in [5.74, 6) is -0.558. The summed E-state index contributed by atoms with van der Waals surface area (Å²) in [4.78, 5) is 38.0. The number of fused-ring (bicyclic) bond motifs is 3. The van der Waals surface area contributed by atoms with Crippen molar-refractivity contribution >= 4 is 34.3 Å². The van der Waals surface area contributed by atoms with Gasteiger partial charge in [-0.05, 0) is 44.5 Å². The van der Waals surface area contributed by atoms with Crippen molar-refractivity contribution in [3.05, 3.63) is 58.8 Å². The first kappa shape index (κ1) is 20.7. The van der Waals surface area contributed by atoms with Crippen molar-refractivity contribution in [2.24, 2.45) is 0 Å². The highest BCUT2D eigenvalue weighted by Gasteiger charge is 2.37. The van der Waals surface area contributed by atoms with E-state index in [4.69, 9.17) is 13.9 Å². The molecule has 1 amide bonds. The van der Waals surface area contributed by atoms with Gasteiger partial charge in [0.15, 0.2) is 11.5 Å². The molecule has 7 nitrogen and oxygen atoms in total. The monoisotopic (exact) mass is 421 g/mol. The Labute approximate surface area is 179 Å². The molecule has 1 atom stereocenters. The number of amides is 1. The van der Waals surface area contributed by atoms with Crippen LogP contribution in [0, 0.1) is 6.92 Å². The summed E-state index contributed by atoms with van der Waals surface area (Å²) in [5.41, 5.74) is 1.40. The van der Waals surface area contributed by atoms with E-state index in [2.05, 4.69) is 5.32 Å². The Morgan fingerprint density at radius 3 is 2.65 bits per heavy atom. The highest BCUT2D eigenvalue weighted by Crippen LogP contribution is 2.41. The van der Waals surface area contributed by atoms with Crippen LogP contribution in [0.5, 0.6) is 5.75 Å². The second-order valence-corrected chi connectivity index (χ2v) is 7.86. The predicted molar refractivity (Wildman–Crippen MR) is 115 cm³/mol. The lowest BCUT2D eigenvalue weighted by atomic mass is 9.87. The number of furan rings is 1. The molecule has 4 rings (SSSR count). The Kier molecular flexibility index (Phi) is 5.05. The molecule has 0 saturated carbocycles.